The quantitative estimate of drug-likeness (QED) is 0.581. The minimum atomic E-state index is 0.291. The van der Waals surface area contributed by atoms with E-state index in [2.05, 4.69) is 32.7 Å². The highest BCUT2D eigenvalue weighted by atomic mass is 15.1. The summed E-state index contributed by atoms with van der Waals surface area (Å²) in [4.78, 5) is 2.44. The molecule has 0 saturated heterocycles. The molecule has 2 N–H and O–H groups in total. The highest BCUT2D eigenvalue weighted by Gasteiger charge is 2.13. The average molecular weight is 228 g/mol. The van der Waals surface area contributed by atoms with Crippen molar-refractivity contribution in [1.29, 1.82) is 0 Å². The molecule has 0 aliphatic heterocycles. The maximum atomic E-state index is 5.84. The Bertz CT molecular complexity index is 146. The minimum absolute atomic E-state index is 0.291. The molecule has 0 saturated carbocycles. The summed E-state index contributed by atoms with van der Waals surface area (Å²) < 4.78 is 0. The normalized spacial score (nSPS) is 15.4. The van der Waals surface area contributed by atoms with Crippen LogP contribution in [0.3, 0.4) is 0 Å². The lowest BCUT2D eigenvalue weighted by Crippen LogP contribution is -2.39. The van der Waals surface area contributed by atoms with Crippen LogP contribution in [0, 0.1) is 0 Å². The molecule has 0 spiro atoms. The number of hydrogen-bond donors (Lipinski definition) is 1. The summed E-state index contributed by atoms with van der Waals surface area (Å²) in [6.07, 6.45) is 9.50. The Morgan fingerprint density at radius 3 is 2.19 bits per heavy atom. The molecule has 2 atom stereocenters. The highest BCUT2D eigenvalue weighted by molar-refractivity contribution is 4.70. The van der Waals surface area contributed by atoms with Crippen molar-refractivity contribution in [2.24, 2.45) is 5.73 Å². The van der Waals surface area contributed by atoms with E-state index in [0.29, 0.717) is 6.04 Å². The van der Waals surface area contributed by atoms with E-state index in [0.717, 1.165) is 12.6 Å². The van der Waals surface area contributed by atoms with Crippen molar-refractivity contribution >= 4 is 0 Å². The second-order valence-electron chi connectivity index (χ2n) is 5.18. The number of nitrogens with two attached hydrogens (primary N) is 1. The lowest BCUT2D eigenvalue weighted by molar-refractivity contribution is 0.210. The molecular formula is C14H32N2. The third kappa shape index (κ3) is 8.12. The molecule has 0 radical (unpaired) electrons. The van der Waals surface area contributed by atoms with Gasteiger partial charge in [-0.25, -0.2) is 0 Å². The molecule has 0 aromatic rings. The second kappa shape index (κ2) is 10.1. The number of unbranched alkanes of at least 4 members (excludes halogenated alkanes) is 4. The molecule has 0 aliphatic rings. The Hall–Kier alpha value is -0.0800. The first-order valence-corrected chi connectivity index (χ1v) is 7.07. The van der Waals surface area contributed by atoms with Crippen molar-refractivity contribution < 1.29 is 0 Å². The van der Waals surface area contributed by atoms with Crippen LogP contribution in [-0.4, -0.2) is 30.6 Å². The fourth-order valence-electron chi connectivity index (χ4n) is 2.32. The summed E-state index contributed by atoms with van der Waals surface area (Å²) >= 11 is 0. The molecular weight excluding hydrogens is 196 g/mol. The third-order valence-corrected chi connectivity index (χ3v) is 3.31. The summed E-state index contributed by atoms with van der Waals surface area (Å²) in [6.45, 7) is 7.66. The van der Waals surface area contributed by atoms with Gasteiger partial charge in [0, 0.05) is 18.6 Å². The van der Waals surface area contributed by atoms with E-state index in [1.165, 1.54) is 44.9 Å². The molecule has 0 rings (SSSR count). The zero-order valence-corrected chi connectivity index (χ0v) is 11.8. The molecule has 98 valence electrons. The van der Waals surface area contributed by atoms with Crippen LogP contribution in [0.4, 0.5) is 0 Å². The van der Waals surface area contributed by atoms with Gasteiger partial charge < -0.3 is 10.6 Å². The maximum absolute atomic E-state index is 5.84. The summed E-state index contributed by atoms with van der Waals surface area (Å²) in [5.41, 5.74) is 5.84. The van der Waals surface area contributed by atoms with E-state index in [1.54, 1.807) is 0 Å². The van der Waals surface area contributed by atoms with E-state index in [-0.39, 0.29) is 0 Å². The molecule has 0 amide bonds. The van der Waals surface area contributed by atoms with E-state index in [9.17, 15) is 0 Å². The second-order valence-corrected chi connectivity index (χ2v) is 5.18. The standard InChI is InChI=1S/C14H32N2/c1-5-7-8-9-10-11-14(6-2)16(4)12-13(3)15/h13-14H,5-12,15H2,1-4H3. The Labute approximate surface area is 103 Å². The third-order valence-electron chi connectivity index (χ3n) is 3.31. The number of likely N-dealkylation sites (N-methyl/N-ethyl adjacent to an activating group) is 1. The summed E-state index contributed by atoms with van der Waals surface area (Å²) in [7, 11) is 2.21. The first-order chi connectivity index (χ1) is 7.61. The van der Waals surface area contributed by atoms with Gasteiger partial charge in [0.25, 0.3) is 0 Å². The van der Waals surface area contributed by atoms with Crippen molar-refractivity contribution in [1.82, 2.24) is 4.90 Å². The predicted octanol–water partition coefficient (Wildman–Crippen LogP) is 3.40. The van der Waals surface area contributed by atoms with Gasteiger partial charge in [0.2, 0.25) is 0 Å². The summed E-state index contributed by atoms with van der Waals surface area (Å²) in [6, 6.07) is 1.02. The number of nitrogens with zero attached hydrogens (tertiary/aromatic N) is 1. The Morgan fingerprint density at radius 2 is 1.69 bits per heavy atom. The maximum Gasteiger partial charge on any atom is 0.0139 e. The van der Waals surface area contributed by atoms with Gasteiger partial charge in [-0.15, -0.1) is 0 Å². The van der Waals surface area contributed by atoms with Crippen LogP contribution in [0.15, 0.2) is 0 Å². The summed E-state index contributed by atoms with van der Waals surface area (Å²) in [5, 5.41) is 0. The van der Waals surface area contributed by atoms with Crippen LogP contribution in [-0.2, 0) is 0 Å². The Kier molecular flexibility index (Phi) is 10.0. The highest BCUT2D eigenvalue weighted by Crippen LogP contribution is 2.13. The van der Waals surface area contributed by atoms with Gasteiger partial charge >= 0.3 is 0 Å². The first-order valence-electron chi connectivity index (χ1n) is 7.07. The van der Waals surface area contributed by atoms with Gasteiger partial charge in [0.05, 0.1) is 0 Å². The van der Waals surface area contributed by atoms with Crippen LogP contribution >= 0.6 is 0 Å². The molecule has 0 fully saturated rings. The molecule has 0 aromatic heterocycles. The van der Waals surface area contributed by atoms with E-state index in [1.807, 2.05) is 0 Å². The fraction of sp³-hybridized carbons (Fsp3) is 1.00. The smallest absolute Gasteiger partial charge is 0.0139 e. The zero-order valence-electron chi connectivity index (χ0n) is 11.8. The van der Waals surface area contributed by atoms with Crippen molar-refractivity contribution in [3.05, 3.63) is 0 Å². The number of hydrogen-bond acceptors (Lipinski definition) is 2. The Morgan fingerprint density at radius 1 is 1.06 bits per heavy atom. The van der Waals surface area contributed by atoms with E-state index >= 15 is 0 Å². The molecule has 2 nitrogen and oxygen atoms in total. The Balaban J connectivity index is 3.65. The lowest BCUT2D eigenvalue weighted by Gasteiger charge is -2.28. The van der Waals surface area contributed by atoms with Crippen molar-refractivity contribution in [3.8, 4) is 0 Å². The topological polar surface area (TPSA) is 29.3 Å². The van der Waals surface area contributed by atoms with Crippen LogP contribution in [0.25, 0.3) is 0 Å². The molecule has 2 heteroatoms. The van der Waals surface area contributed by atoms with Crippen molar-refractivity contribution in [2.45, 2.75) is 77.8 Å². The van der Waals surface area contributed by atoms with Crippen LogP contribution in [0.1, 0.15) is 65.7 Å². The molecule has 0 bridgehead atoms. The van der Waals surface area contributed by atoms with Crippen LogP contribution in [0.2, 0.25) is 0 Å². The van der Waals surface area contributed by atoms with Gasteiger partial charge in [-0.1, -0.05) is 46.0 Å². The van der Waals surface area contributed by atoms with Gasteiger partial charge in [-0.05, 0) is 26.8 Å². The molecule has 0 aliphatic carbocycles. The van der Waals surface area contributed by atoms with Gasteiger partial charge in [0.15, 0.2) is 0 Å². The average Bonchev–Trinajstić information content (AvgIpc) is 2.22. The predicted molar refractivity (Wildman–Crippen MR) is 73.7 cm³/mol. The van der Waals surface area contributed by atoms with Crippen molar-refractivity contribution in [3.63, 3.8) is 0 Å². The monoisotopic (exact) mass is 228 g/mol. The van der Waals surface area contributed by atoms with Crippen LogP contribution < -0.4 is 5.73 Å². The zero-order chi connectivity index (χ0) is 12.4. The molecule has 0 heterocycles. The first kappa shape index (κ1) is 15.9. The number of rotatable bonds is 10. The van der Waals surface area contributed by atoms with Crippen LogP contribution in [0.5, 0.6) is 0 Å². The summed E-state index contributed by atoms with van der Waals surface area (Å²) in [5.74, 6) is 0. The fourth-order valence-corrected chi connectivity index (χ4v) is 2.32. The van der Waals surface area contributed by atoms with Crippen molar-refractivity contribution in [2.75, 3.05) is 13.6 Å². The molecule has 16 heavy (non-hydrogen) atoms. The van der Waals surface area contributed by atoms with Gasteiger partial charge in [0.1, 0.15) is 0 Å². The van der Waals surface area contributed by atoms with Gasteiger partial charge in [-0.3, -0.25) is 0 Å². The van der Waals surface area contributed by atoms with Gasteiger partial charge in [-0.2, -0.15) is 0 Å². The van der Waals surface area contributed by atoms with E-state index < -0.39 is 0 Å². The largest absolute Gasteiger partial charge is 0.327 e. The van der Waals surface area contributed by atoms with E-state index in [4.69, 9.17) is 5.73 Å². The molecule has 0 aromatic carbocycles. The molecule has 2 unspecified atom stereocenters. The lowest BCUT2D eigenvalue weighted by atomic mass is 10.0. The minimum Gasteiger partial charge on any atom is -0.327 e. The SMILES string of the molecule is CCCCCCCC(CC)N(C)CC(C)N.